The second-order valence-corrected chi connectivity index (χ2v) is 6.75. The van der Waals surface area contributed by atoms with E-state index >= 15 is 0 Å². The lowest BCUT2D eigenvalue weighted by Crippen LogP contribution is -2.19. The zero-order valence-electron chi connectivity index (χ0n) is 14.1. The van der Waals surface area contributed by atoms with Crippen LogP contribution in [0.2, 0.25) is 0 Å². The summed E-state index contributed by atoms with van der Waals surface area (Å²) in [6, 6.07) is 21.5. The molecule has 0 radical (unpaired) electrons. The van der Waals surface area contributed by atoms with Gasteiger partial charge in [0.05, 0.1) is 17.7 Å². The van der Waals surface area contributed by atoms with Crippen molar-refractivity contribution >= 4 is 45.4 Å². The van der Waals surface area contributed by atoms with Crippen molar-refractivity contribution in [2.45, 2.75) is 0 Å². The van der Waals surface area contributed by atoms with Crippen LogP contribution in [-0.2, 0) is 4.79 Å². The van der Waals surface area contributed by atoms with Crippen molar-refractivity contribution in [3.8, 4) is 5.75 Å². The molecule has 0 unspecified atom stereocenters. The summed E-state index contributed by atoms with van der Waals surface area (Å²) in [6.07, 6.45) is 1.87. The Labute approximate surface area is 155 Å². The van der Waals surface area contributed by atoms with E-state index in [-0.39, 0.29) is 5.91 Å². The summed E-state index contributed by atoms with van der Waals surface area (Å²) in [5.41, 5.74) is 1.70. The van der Waals surface area contributed by atoms with Crippen molar-refractivity contribution in [2.75, 3.05) is 7.11 Å². The van der Waals surface area contributed by atoms with E-state index in [0.717, 1.165) is 27.8 Å². The molecule has 1 fully saturated rings. The largest absolute Gasteiger partial charge is 0.496 e. The molecule has 0 aromatic heterocycles. The Kier molecular flexibility index (Phi) is 4.46. The predicted octanol–water partition coefficient (Wildman–Crippen LogP) is 4.74. The van der Waals surface area contributed by atoms with E-state index in [1.54, 1.807) is 7.11 Å². The summed E-state index contributed by atoms with van der Waals surface area (Å²) >= 11 is 1.33. The number of fused-ring (bicyclic) bond motifs is 1. The molecule has 1 aliphatic rings. The zero-order valence-corrected chi connectivity index (χ0v) is 14.9. The minimum absolute atomic E-state index is 0.153. The molecular formula is C21H16N2O2S. The fourth-order valence-corrected chi connectivity index (χ4v) is 3.66. The van der Waals surface area contributed by atoms with Crippen molar-refractivity contribution in [1.82, 2.24) is 5.32 Å². The summed E-state index contributed by atoms with van der Waals surface area (Å²) in [5.74, 6) is 0.581. The Balaban J connectivity index is 1.74. The molecule has 3 aromatic carbocycles. The van der Waals surface area contributed by atoms with Crippen molar-refractivity contribution in [2.24, 2.45) is 4.99 Å². The van der Waals surface area contributed by atoms with E-state index in [2.05, 4.69) is 10.3 Å². The number of ether oxygens (including phenoxy) is 1. The van der Waals surface area contributed by atoms with Crippen LogP contribution >= 0.6 is 11.8 Å². The second kappa shape index (κ2) is 7.06. The minimum Gasteiger partial charge on any atom is -0.496 e. The number of hydrogen-bond acceptors (Lipinski definition) is 4. The summed E-state index contributed by atoms with van der Waals surface area (Å²) in [7, 11) is 1.64. The highest BCUT2D eigenvalue weighted by Crippen LogP contribution is 2.34. The first-order valence-electron chi connectivity index (χ1n) is 8.15. The van der Waals surface area contributed by atoms with Crippen LogP contribution in [0.3, 0.4) is 0 Å². The number of benzene rings is 3. The number of para-hydroxylation sites is 1. The van der Waals surface area contributed by atoms with Gasteiger partial charge in [-0.15, -0.1) is 0 Å². The Hall–Kier alpha value is -3.05. The normalized spacial score (nSPS) is 17.0. The lowest BCUT2D eigenvalue weighted by molar-refractivity contribution is -0.115. The van der Waals surface area contributed by atoms with Gasteiger partial charge in [0.25, 0.3) is 5.91 Å². The predicted molar refractivity (Wildman–Crippen MR) is 108 cm³/mol. The molecule has 1 heterocycles. The Morgan fingerprint density at radius 3 is 2.58 bits per heavy atom. The van der Waals surface area contributed by atoms with E-state index in [1.807, 2.05) is 72.8 Å². The smallest absolute Gasteiger partial charge is 0.264 e. The standard InChI is InChI=1S/C21H16N2O2S/c1-25-18-12-11-14-7-5-6-10-16(14)17(18)13-19-20(24)23-21(26-19)22-15-8-3-2-4-9-15/h2-13H,1H3,(H,22,23,24). The van der Waals surface area contributed by atoms with Gasteiger partial charge in [-0.1, -0.05) is 48.5 Å². The maximum absolute atomic E-state index is 12.4. The van der Waals surface area contributed by atoms with Crippen LogP contribution in [-0.4, -0.2) is 18.2 Å². The molecule has 0 saturated carbocycles. The highest BCUT2D eigenvalue weighted by atomic mass is 32.2. The molecule has 5 heteroatoms. The molecule has 128 valence electrons. The number of nitrogens with one attached hydrogen (secondary N) is 1. The summed E-state index contributed by atoms with van der Waals surface area (Å²) < 4.78 is 5.51. The van der Waals surface area contributed by atoms with E-state index < -0.39 is 0 Å². The molecule has 0 aliphatic carbocycles. The lowest BCUT2D eigenvalue weighted by Gasteiger charge is -2.09. The maximum atomic E-state index is 12.4. The number of nitrogens with zero attached hydrogens (tertiary/aromatic N) is 1. The number of methoxy groups -OCH3 is 1. The molecule has 1 N–H and O–H groups in total. The fraction of sp³-hybridized carbons (Fsp3) is 0.0476. The van der Waals surface area contributed by atoms with Crippen LogP contribution in [0.15, 0.2) is 76.6 Å². The molecule has 3 aromatic rings. The van der Waals surface area contributed by atoms with Crippen molar-refractivity contribution < 1.29 is 9.53 Å². The van der Waals surface area contributed by atoms with Crippen LogP contribution in [0.4, 0.5) is 5.69 Å². The number of carbonyl (C=O) groups excluding carboxylic acids is 1. The second-order valence-electron chi connectivity index (χ2n) is 5.72. The van der Waals surface area contributed by atoms with E-state index in [4.69, 9.17) is 4.74 Å². The molecule has 4 nitrogen and oxygen atoms in total. The van der Waals surface area contributed by atoms with Crippen LogP contribution in [0.5, 0.6) is 5.75 Å². The van der Waals surface area contributed by atoms with Crippen LogP contribution < -0.4 is 10.1 Å². The van der Waals surface area contributed by atoms with Crippen LogP contribution in [0, 0.1) is 0 Å². The van der Waals surface area contributed by atoms with Gasteiger partial charge in [0.15, 0.2) is 5.17 Å². The Bertz CT molecular complexity index is 1040. The summed E-state index contributed by atoms with van der Waals surface area (Å²) in [4.78, 5) is 17.5. The number of carbonyl (C=O) groups is 1. The number of hydrogen-bond donors (Lipinski definition) is 1. The lowest BCUT2D eigenvalue weighted by atomic mass is 10.0. The van der Waals surface area contributed by atoms with E-state index in [0.29, 0.717) is 10.1 Å². The van der Waals surface area contributed by atoms with Crippen molar-refractivity contribution in [3.05, 3.63) is 77.2 Å². The average Bonchev–Trinajstić information content (AvgIpc) is 3.02. The molecule has 1 saturated heterocycles. The first kappa shape index (κ1) is 16.4. The van der Waals surface area contributed by atoms with Gasteiger partial charge in [-0.25, -0.2) is 4.99 Å². The Morgan fingerprint density at radius 1 is 1.00 bits per heavy atom. The highest BCUT2D eigenvalue weighted by molar-refractivity contribution is 8.18. The number of rotatable bonds is 3. The van der Waals surface area contributed by atoms with Gasteiger partial charge in [-0.2, -0.15) is 0 Å². The van der Waals surface area contributed by atoms with E-state index in [1.165, 1.54) is 11.8 Å². The van der Waals surface area contributed by atoms with Gasteiger partial charge in [-0.05, 0) is 46.8 Å². The number of thioether (sulfide) groups is 1. The monoisotopic (exact) mass is 360 g/mol. The molecule has 0 bridgehead atoms. The fourth-order valence-electron chi connectivity index (χ4n) is 2.83. The zero-order chi connectivity index (χ0) is 17.9. The van der Waals surface area contributed by atoms with E-state index in [9.17, 15) is 4.79 Å². The molecular weight excluding hydrogens is 344 g/mol. The first-order valence-corrected chi connectivity index (χ1v) is 8.96. The summed E-state index contributed by atoms with van der Waals surface area (Å²) in [6.45, 7) is 0. The molecule has 0 spiro atoms. The third-order valence-corrected chi connectivity index (χ3v) is 4.97. The molecule has 1 amide bonds. The first-order chi connectivity index (χ1) is 12.7. The third kappa shape index (κ3) is 3.21. The van der Waals surface area contributed by atoms with Gasteiger partial charge < -0.3 is 10.1 Å². The quantitative estimate of drug-likeness (QED) is 0.687. The molecule has 0 atom stereocenters. The maximum Gasteiger partial charge on any atom is 0.264 e. The molecule has 1 aliphatic heterocycles. The van der Waals surface area contributed by atoms with Crippen molar-refractivity contribution in [1.29, 1.82) is 0 Å². The molecule has 4 rings (SSSR count). The van der Waals surface area contributed by atoms with Gasteiger partial charge >= 0.3 is 0 Å². The van der Waals surface area contributed by atoms with Gasteiger partial charge in [-0.3, -0.25) is 4.79 Å². The van der Waals surface area contributed by atoms with Crippen LogP contribution in [0.25, 0.3) is 16.8 Å². The minimum atomic E-state index is -0.153. The molecule has 26 heavy (non-hydrogen) atoms. The topological polar surface area (TPSA) is 50.7 Å². The Morgan fingerprint density at radius 2 is 1.77 bits per heavy atom. The number of aliphatic imine (C=N–C) groups is 1. The van der Waals surface area contributed by atoms with Gasteiger partial charge in [0, 0.05) is 5.56 Å². The van der Waals surface area contributed by atoms with Gasteiger partial charge in [0.1, 0.15) is 5.75 Å². The summed E-state index contributed by atoms with van der Waals surface area (Å²) in [5, 5.41) is 5.54. The van der Waals surface area contributed by atoms with Gasteiger partial charge in [0.2, 0.25) is 0 Å². The van der Waals surface area contributed by atoms with Crippen molar-refractivity contribution in [3.63, 3.8) is 0 Å². The highest BCUT2D eigenvalue weighted by Gasteiger charge is 2.24. The van der Waals surface area contributed by atoms with Crippen LogP contribution in [0.1, 0.15) is 5.56 Å². The number of amidine groups is 1. The SMILES string of the molecule is COc1ccc2ccccc2c1C=C1SC(=Nc2ccccc2)NC1=O. The average molecular weight is 360 g/mol. The number of amides is 1. The third-order valence-electron chi connectivity index (χ3n) is 4.06.